The number of alkyl carbamates (subject to hydrolysis) is 1. The molecule has 1 rings (SSSR count). The Morgan fingerprint density at radius 1 is 1.14 bits per heavy atom. The zero-order valence-electron chi connectivity index (χ0n) is 12.6. The Morgan fingerprint density at radius 3 is 2.33 bits per heavy atom. The maximum atomic E-state index is 11.4. The van der Waals surface area contributed by atoms with Crippen molar-refractivity contribution in [3.63, 3.8) is 0 Å². The van der Waals surface area contributed by atoms with Gasteiger partial charge in [-0.15, -0.1) is 0 Å². The van der Waals surface area contributed by atoms with Crippen molar-refractivity contribution in [3.05, 3.63) is 35.9 Å². The third-order valence-corrected chi connectivity index (χ3v) is 2.50. The molecule has 3 amide bonds. The van der Waals surface area contributed by atoms with E-state index < -0.39 is 12.1 Å². The summed E-state index contributed by atoms with van der Waals surface area (Å²) in [6.45, 7) is 1.40. The maximum Gasteiger partial charge on any atom is 0.415 e. The highest BCUT2D eigenvalue weighted by molar-refractivity contribution is 5.90. The molecular weight excluding hydrogens is 385 g/mol. The third-order valence-electron chi connectivity index (χ3n) is 2.50. The molecule has 0 aliphatic heterocycles. The van der Waals surface area contributed by atoms with Gasteiger partial charge in [0, 0.05) is 0 Å². The predicted octanol–water partition coefficient (Wildman–Crippen LogP) is -1.67. The highest BCUT2D eigenvalue weighted by Crippen LogP contribution is 2.00. The number of halogens is 1. The van der Waals surface area contributed by atoms with Gasteiger partial charge >= 0.3 is 12.1 Å². The topological polar surface area (TPSA) is 67.4 Å². The van der Waals surface area contributed by atoms with Gasteiger partial charge in [0.2, 0.25) is 0 Å². The first-order valence-corrected chi connectivity index (χ1v) is 6.43. The minimum absolute atomic E-state index is 0. The lowest BCUT2D eigenvalue weighted by molar-refractivity contribution is -0.869. The van der Waals surface area contributed by atoms with Crippen molar-refractivity contribution in [3.8, 4) is 0 Å². The Hall–Kier alpha value is -1.35. The Bertz CT molecular complexity index is 447. The van der Waals surface area contributed by atoms with Crippen LogP contribution < -0.4 is 34.6 Å². The summed E-state index contributed by atoms with van der Waals surface area (Å²) in [6.07, 6.45) is -0.753. The van der Waals surface area contributed by atoms with Gasteiger partial charge in [-0.1, -0.05) is 30.3 Å². The van der Waals surface area contributed by atoms with Crippen molar-refractivity contribution in [2.75, 3.05) is 34.2 Å². The van der Waals surface area contributed by atoms with Gasteiger partial charge < -0.3 is 38.5 Å². The molecule has 0 heterocycles. The number of quaternary nitrogens is 1. The molecule has 0 bridgehead atoms. The van der Waals surface area contributed by atoms with E-state index in [0.29, 0.717) is 6.54 Å². The van der Waals surface area contributed by atoms with E-state index in [4.69, 9.17) is 4.74 Å². The lowest BCUT2D eigenvalue weighted by Crippen LogP contribution is -3.00. The molecule has 0 aliphatic rings. The molecule has 0 saturated heterocycles. The number of hydrogen-bond acceptors (Lipinski definition) is 3. The fourth-order valence-electron chi connectivity index (χ4n) is 1.40. The second kappa shape index (κ2) is 9.56. The van der Waals surface area contributed by atoms with Crippen LogP contribution >= 0.6 is 0 Å². The number of imide groups is 1. The molecule has 0 spiro atoms. The van der Waals surface area contributed by atoms with E-state index >= 15 is 0 Å². The molecule has 0 aromatic heterocycles. The van der Waals surface area contributed by atoms with Gasteiger partial charge in [-0.3, -0.25) is 0 Å². The SMILES string of the molecule is C[N+](C)(C)CCNC(=O)NC(=O)OCc1ccccc1.[I-]. The first kappa shape index (κ1) is 19.7. The molecule has 0 fully saturated rings. The maximum absolute atomic E-state index is 11.4. The van der Waals surface area contributed by atoms with E-state index in [1.54, 1.807) is 0 Å². The number of benzene rings is 1. The van der Waals surface area contributed by atoms with E-state index in [0.717, 1.165) is 16.6 Å². The molecule has 0 unspecified atom stereocenters. The van der Waals surface area contributed by atoms with Crippen molar-refractivity contribution in [1.29, 1.82) is 0 Å². The molecular formula is C14H22IN3O3. The van der Waals surface area contributed by atoms with E-state index in [-0.39, 0.29) is 30.6 Å². The first-order valence-electron chi connectivity index (χ1n) is 6.43. The summed E-state index contributed by atoms with van der Waals surface area (Å²) >= 11 is 0. The van der Waals surface area contributed by atoms with Crippen LogP contribution in [0.15, 0.2) is 30.3 Å². The molecule has 1 aromatic rings. The number of hydrogen-bond donors (Lipinski definition) is 2. The molecule has 0 saturated carbocycles. The summed E-state index contributed by atoms with van der Waals surface area (Å²) in [5, 5.41) is 4.72. The van der Waals surface area contributed by atoms with Gasteiger partial charge in [-0.05, 0) is 5.56 Å². The number of amides is 3. The van der Waals surface area contributed by atoms with Crippen LogP contribution in [0, 0.1) is 0 Å². The Labute approximate surface area is 142 Å². The van der Waals surface area contributed by atoms with Crippen molar-refractivity contribution in [1.82, 2.24) is 10.6 Å². The summed E-state index contributed by atoms with van der Waals surface area (Å²) in [4.78, 5) is 22.8. The summed E-state index contributed by atoms with van der Waals surface area (Å²) in [5.41, 5.74) is 0.869. The van der Waals surface area contributed by atoms with Gasteiger partial charge in [0.25, 0.3) is 0 Å². The van der Waals surface area contributed by atoms with Crippen LogP contribution in [0.25, 0.3) is 0 Å². The standard InChI is InChI=1S/C14H21N3O3.HI/c1-17(2,3)10-9-15-13(18)16-14(19)20-11-12-7-5-4-6-8-12;/h4-8H,9-11H2,1-3H3,(H-,15,16,18,19);1H. The quantitative estimate of drug-likeness (QED) is 0.454. The number of carbonyl (C=O) groups is 2. The van der Waals surface area contributed by atoms with Crippen molar-refractivity contribution in [2.24, 2.45) is 0 Å². The predicted molar refractivity (Wildman–Crippen MR) is 76.1 cm³/mol. The van der Waals surface area contributed by atoms with Crippen LogP contribution in [0.1, 0.15) is 5.56 Å². The summed E-state index contributed by atoms with van der Waals surface area (Å²) in [6, 6.07) is 8.73. The van der Waals surface area contributed by atoms with Crippen LogP contribution in [0.4, 0.5) is 9.59 Å². The summed E-state index contributed by atoms with van der Waals surface area (Å²) in [7, 11) is 6.06. The third kappa shape index (κ3) is 10.1. The molecule has 21 heavy (non-hydrogen) atoms. The normalized spacial score (nSPS) is 10.2. The highest BCUT2D eigenvalue weighted by atomic mass is 127. The number of nitrogens with zero attached hydrogens (tertiary/aromatic N) is 1. The van der Waals surface area contributed by atoms with Crippen molar-refractivity contribution in [2.45, 2.75) is 6.61 Å². The second-order valence-corrected chi connectivity index (χ2v) is 5.46. The number of nitrogens with one attached hydrogen (secondary N) is 2. The fourth-order valence-corrected chi connectivity index (χ4v) is 1.40. The Morgan fingerprint density at radius 2 is 1.76 bits per heavy atom. The lowest BCUT2D eigenvalue weighted by Gasteiger charge is -2.23. The number of carbonyl (C=O) groups excluding carboxylic acids is 2. The van der Waals surface area contributed by atoms with Gasteiger partial charge in [0.05, 0.1) is 34.2 Å². The van der Waals surface area contributed by atoms with Crippen LogP contribution in [-0.4, -0.2) is 50.8 Å². The fraction of sp³-hybridized carbons (Fsp3) is 0.429. The lowest BCUT2D eigenvalue weighted by atomic mass is 10.2. The molecule has 118 valence electrons. The summed E-state index contributed by atoms with van der Waals surface area (Å²) in [5.74, 6) is 0. The molecule has 0 aliphatic carbocycles. The highest BCUT2D eigenvalue weighted by Gasteiger charge is 2.11. The zero-order valence-corrected chi connectivity index (χ0v) is 14.7. The Kier molecular flexibility index (Phi) is 8.95. The van der Waals surface area contributed by atoms with Gasteiger partial charge in [0.1, 0.15) is 6.61 Å². The zero-order chi connectivity index (χ0) is 15.0. The smallest absolute Gasteiger partial charge is 0.415 e. The van der Waals surface area contributed by atoms with Crippen LogP contribution in [0.5, 0.6) is 0 Å². The number of likely N-dealkylation sites (N-methyl/N-ethyl adjacent to an activating group) is 1. The Balaban J connectivity index is 0.00000400. The monoisotopic (exact) mass is 407 g/mol. The van der Waals surface area contributed by atoms with Crippen molar-refractivity contribution >= 4 is 12.1 Å². The minimum Gasteiger partial charge on any atom is -1.00 e. The molecule has 2 N–H and O–H groups in total. The summed E-state index contributed by atoms with van der Waals surface area (Å²) < 4.78 is 5.67. The van der Waals surface area contributed by atoms with E-state index in [1.165, 1.54) is 0 Å². The van der Waals surface area contributed by atoms with E-state index in [1.807, 2.05) is 51.5 Å². The van der Waals surface area contributed by atoms with Gasteiger partial charge in [-0.25, -0.2) is 14.9 Å². The van der Waals surface area contributed by atoms with Gasteiger partial charge in [-0.2, -0.15) is 0 Å². The number of urea groups is 1. The van der Waals surface area contributed by atoms with Gasteiger partial charge in [0.15, 0.2) is 0 Å². The van der Waals surface area contributed by atoms with E-state index in [9.17, 15) is 9.59 Å². The molecule has 0 radical (unpaired) electrons. The molecule has 6 nitrogen and oxygen atoms in total. The number of ether oxygens (including phenoxy) is 1. The first-order chi connectivity index (χ1) is 9.37. The molecule has 0 atom stereocenters. The molecule has 7 heteroatoms. The molecule has 1 aromatic carbocycles. The second-order valence-electron chi connectivity index (χ2n) is 5.46. The van der Waals surface area contributed by atoms with E-state index in [2.05, 4.69) is 10.6 Å². The van der Waals surface area contributed by atoms with Crippen LogP contribution in [-0.2, 0) is 11.3 Å². The average molecular weight is 407 g/mol. The number of rotatable bonds is 5. The minimum atomic E-state index is -0.753. The van der Waals surface area contributed by atoms with Crippen LogP contribution in [0.2, 0.25) is 0 Å². The largest absolute Gasteiger partial charge is 1.00 e. The van der Waals surface area contributed by atoms with Crippen LogP contribution in [0.3, 0.4) is 0 Å². The average Bonchev–Trinajstić information content (AvgIpc) is 2.36. The van der Waals surface area contributed by atoms with Crippen molar-refractivity contribution < 1.29 is 42.8 Å².